The molecule has 0 fully saturated rings. The molecule has 0 aliphatic rings. The molecule has 384 valence electrons. The molecule has 16 heteroatoms. The third-order valence-corrected chi connectivity index (χ3v) is 11.6. The molecule has 1 amide bonds. The summed E-state index contributed by atoms with van der Waals surface area (Å²) in [5.41, 5.74) is 0. The summed E-state index contributed by atoms with van der Waals surface area (Å²) in [6.07, 6.45) is 20.4. The minimum atomic E-state index is -1.16. The first-order valence-corrected chi connectivity index (χ1v) is 26.4. The molecule has 0 heterocycles. The summed E-state index contributed by atoms with van der Waals surface area (Å²) in [4.78, 5) is 94.0. The quantitative estimate of drug-likeness (QED) is 0.0319. The van der Waals surface area contributed by atoms with Gasteiger partial charge >= 0.3 is 35.8 Å². The van der Waals surface area contributed by atoms with Crippen molar-refractivity contribution in [2.45, 2.75) is 213 Å². The molecule has 0 aliphatic carbocycles. The highest BCUT2D eigenvalue weighted by Crippen LogP contribution is 2.15. The van der Waals surface area contributed by atoms with Crippen LogP contribution in [-0.4, -0.2) is 129 Å². The summed E-state index contributed by atoms with van der Waals surface area (Å²) in [6.45, 7) is 6.38. The molecule has 66 heavy (non-hydrogen) atoms. The number of hydrogen-bond acceptors (Lipinski definition) is 15. The molecular formula is C50H90N2O13S. The monoisotopic (exact) mass is 959 g/mol. The zero-order valence-corrected chi connectivity index (χ0v) is 42.8. The molecule has 0 saturated heterocycles. The predicted octanol–water partition coefficient (Wildman–Crippen LogP) is 10.3. The fourth-order valence-corrected chi connectivity index (χ4v) is 7.44. The fraction of sp³-hybridized carbons (Fsp3) is 0.860. The maximum Gasteiger partial charge on any atom is 0.326 e. The van der Waals surface area contributed by atoms with Gasteiger partial charge in [0.1, 0.15) is 39.5 Å². The van der Waals surface area contributed by atoms with Crippen LogP contribution in [0.2, 0.25) is 0 Å². The van der Waals surface area contributed by atoms with Crippen molar-refractivity contribution < 1.29 is 62.0 Å². The minimum Gasteiger partial charge on any atom is -0.462 e. The maximum absolute atomic E-state index is 13.6. The lowest BCUT2D eigenvalue weighted by Gasteiger charge is -2.24. The number of carbonyl (C=O) groups excluding carboxylic acids is 7. The number of ether oxygens (including phenoxy) is 6. The second kappa shape index (κ2) is 44.1. The number of rotatable bonds is 44. The Balaban J connectivity index is 5.93. The van der Waals surface area contributed by atoms with E-state index in [2.05, 4.69) is 27.7 Å². The Hall–Kier alpha value is -3.40. The maximum atomic E-state index is 13.6. The number of unbranched alkanes of at least 4 members (excludes halogenated alkanes) is 18. The van der Waals surface area contributed by atoms with Gasteiger partial charge in [0.2, 0.25) is 0 Å². The Morgan fingerprint density at radius 1 is 0.394 bits per heavy atom. The molecule has 1 atom stereocenters. The summed E-state index contributed by atoms with van der Waals surface area (Å²) < 4.78 is 33.1. The Bertz CT molecular complexity index is 1270. The number of amides is 1. The van der Waals surface area contributed by atoms with Gasteiger partial charge in [-0.1, -0.05) is 155 Å². The Morgan fingerprint density at radius 3 is 0.985 bits per heavy atom. The number of carbonyl (C=O) groups is 7. The normalized spacial score (nSPS) is 11.6. The van der Waals surface area contributed by atoms with E-state index in [1.54, 1.807) is 0 Å². The highest BCUT2D eigenvalue weighted by Gasteiger charge is 2.28. The second-order valence-electron chi connectivity index (χ2n) is 17.4. The van der Waals surface area contributed by atoms with E-state index >= 15 is 0 Å². The van der Waals surface area contributed by atoms with Gasteiger partial charge in [0.25, 0.3) is 5.24 Å². The summed E-state index contributed by atoms with van der Waals surface area (Å²) in [5.74, 6) is -3.34. The van der Waals surface area contributed by atoms with Crippen molar-refractivity contribution in [3.05, 3.63) is 0 Å². The smallest absolute Gasteiger partial charge is 0.326 e. The van der Waals surface area contributed by atoms with Crippen LogP contribution < -0.4 is 0 Å². The average Bonchev–Trinajstić information content (AvgIpc) is 3.28. The molecule has 1 unspecified atom stereocenters. The van der Waals surface area contributed by atoms with E-state index in [-0.39, 0.29) is 52.1 Å². The summed E-state index contributed by atoms with van der Waals surface area (Å²) in [6, 6.07) is 0. The molecule has 0 rings (SSSR count). The first-order chi connectivity index (χ1) is 31.8. The molecule has 0 aromatic rings. The van der Waals surface area contributed by atoms with Crippen molar-refractivity contribution >= 4 is 52.8 Å². The molecule has 0 aromatic carbocycles. The van der Waals surface area contributed by atoms with E-state index in [4.69, 9.17) is 28.4 Å². The van der Waals surface area contributed by atoms with Crippen LogP contribution in [0, 0.1) is 0 Å². The number of hydrogen-bond donors (Lipinski definition) is 0. The molecule has 0 spiro atoms. The number of esters is 6. The molecular weight excluding hydrogens is 869 g/mol. The van der Waals surface area contributed by atoms with Crippen molar-refractivity contribution in [2.24, 2.45) is 0 Å². The fourth-order valence-electron chi connectivity index (χ4n) is 6.68. The van der Waals surface area contributed by atoms with Crippen LogP contribution in [0.1, 0.15) is 201 Å². The van der Waals surface area contributed by atoms with Crippen LogP contribution in [0.4, 0.5) is 4.79 Å². The van der Waals surface area contributed by atoms with Gasteiger partial charge in [-0.15, -0.1) is 0 Å². The van der Waals surface area contributed by atoms with E-state index < -0.39 is 66.4 Å². The van der Waals surface area contributed by atoms with Gasteiger partial charge in [0, 0.05) is 31.4 Å². The Labute approximate surface area is 402 Å². The third kappa shape index (κ3) is 39.7. The largest absolute Gasteiger partial charge is 0.462 e. The molecule has 0 aromatic heterocycles. The van der Waals surface area contributed by atoms with Crippen LogP contribution >= 0.6 is 11.8 Å². The molecule has 0 bridgehead atoms. The van der Waals surface area contributed by atoms with Gasteiger partial charge in [-0.2, -0.15) is 0 Å². The van der Waals surface area contributed by atoms with Gasteiger partial charge in [-0.25, -0.2) is 0 Å². The van der Waals surface area contributed by atoms with Crippen molar-refractivity contribution in [1.29, 1.82) is 0 Å². The van der Waals surface area contributed by atoms with Crippen LogP contribution in [0.25, 0.3) is 0 Å². The highest BCUT2D eigenvalue weighted by atomic mass is 32.2. The molecule has 0 saturated carbocycles. The summed E-state index contributed by atoms with van der Waals surface area (Å²) in [7, 11) is 3.82. The van der Waals surface area contributed by atoms with E-state index in [0.717, 1.165) is 132 Å². The van der Waals surface area contributed by atoms with E-state index in [1.807, 2.05) is 19.0 Å². The lowest BCUT2D eigenvalue weighted by Crippen LogP contribution is -2.42. The van der Waals surface area contributed by atoms with E-state index in [9.17, 15) is 33.6 Å². The Morgan fingerprint density at radius 2 is 0.682 bits per heavy atom. The first-order valence-electron chi connectivity index (χ1n) is 25.4. The highest BCUT2D eigenvalue weighted by molar-refractivity contribution is 8.13. The predicted molar refractivity (Wildman–Crippen MR) is 259 cm³/mol. The van der Waals surface area contributed by atoms with Gasteiger partial charge in [0.05, 0.1) is 0 Å². The number of thioether (sulfide) groups is 1. The second-order valence-corrected chi connectivity index (χ2v) is 18.5. The van der Waals surface area contributed by atoms with Crippen molar-refractivity contribution in [3.8, 4) is 0 Å². The van der Waals surface area contributed by atoms with Gasteiger partial charge in [-0.3, -0.25) is 33.6 Å². The molecule has 0 aliphatic heterocycles. The Kier molecular flexibility index (Phi) is 41.9. The van der Waals surface area contributed by atoms with Gasteiger partial charge < -0.3 is 38.2 Å². The average molecular weight is 959 g/mol. The molecule has 0 radical (unpaired) electrons. The lowest BCUT2D eigenvalue weighted by atomic mass is 10.1. The standard InChI is InChI=1S/C50H90N2O13S/c1-7-11-15-19-22-26-31-45(54)61-39-42(38-60-44(53)30-25-18-14-10-4)64-48(57)36-52(50(59)66-35-29-34-51(5)6)37-49(58)65-43(40-62-46(55)32-27-23-20-16-12-8-2)41-63-47(56)33-28-24-21-17-13-9-3/h42-43H,7-41H2,1-6H3. The third-order valence-electron chi connectivity index (χ3n) is 10.6. The van der Waals surface area contributed by atoms with Crippen molar-refractivity contribution in [1.82, 2.24) is 9.80 Å². The zero-order valence-electron chi connectivity index (χ0n) is 42.0. The van der Waals surface area contributed by atoms with Crippen LogP contribution in [0.3, 0.4) is 0 Å². The van der Waals surface area contributed by atoms with E-state index in [1.165, 1.54) is 0 Å². The number of nitrogens with zero attached hydrogens (tertiary/aromatic N) is 2. The van der Waals surface area contributed by atoms with Crippen molar-refractivity contribution in [3.63, 3.8) is 0 Å². The minimum absolute atomic E-state index is 0.186. The zero-order chi connectivity index (χ0) is 49.0. The van der Waals surface area contributed by atoms with Crippen LogP contribution in [0.5, 0.6) is 0 Å². The van der Waals surface area contributed by atoms with Crippen LogP contribution in [-0.2, 0) is 57.2 Å². The summed E-state index contributed by atoms with van der Waals surface area (Å²) >= 11 is 0.924. The van der Waals surface area contributed by atoms with Crippen molar-refractivity contribution in [2.75, 3.05) is 65.9 Å². The SMILES string of the molecule is CCCCCCCCC(=O)OCC(COC(=O)CCCCCC)OC(=O)CN(CC(=O)OC(COC(=O)CCCCCCCC)COC(=O)CCCCCCCC)C(=O)SCCCN(C)C. The first kappa shape index (κ1) is 62.6. The van der Waals surface area contributed by atoms with Gasteiger partial charge in [-0.05, 0) is 52.7 Å². The van der Waals surface area contributed by atoms with E-state index in [0.29, 0.717) is 44.4 Å². The topological polar surface area (TPSA) is 181 Å². The molecule has 0 N–H and O–H groups in total. The lowest BCUT2D eigenvalue weighted by molar-refractivity contribution is -0.169. The molecule has 15 nitrogen and oxygen atoms in total. The summed E-state index contributed by atoms with van der Waals surface area (Å²) in [5, 5.41) is -0.588. The van der Waals surface area contributed by atoms with Gasteiger partial charge in [0.15, 0.2) is 12.2 Å². The van der Waals surface area contributed by atoms with Crippen LogP contribution in [0.15, 0.2) is 0 Å².